The molecule has 1 aliphatic heterocycles. The average molecular weight is 202 g/mol. The molecule has 0 spiro atoms. The Kier molecular flexibility index (Phi) is 2.82. The minimum Gasteiger partial charge on any atom is -0.467 e. The van der Waals surface area contributed by atoms with Crippen molar-refractivity contribution in [2.45, 2.75) is 13.0 Å². The molecule has 0 aromatic heterocycles. The first-order chi connectivity index (χ1) is 6.06. The molecule has 1 fully saturated rings. The van der Waals surface area contributed by atoms with E-state index in [4.69, 9.17) is 12.2 Å². The lowest BCUT2D eigenvalue weighted by molar-refractivity contribution is -0.143. The molecule has 2 atom stereocenters. The predicted octanol–water partition coefficient (Wildman–Crippen LogP) is -0.196. The van der Waals surface area contributed by atoms with Crippen molar-refractivity contribution in [1.82, 2.24) is 10.6 Å². The van der Waals surface area contributed by atoms with Gasteiger partial charge in [-0.15, -0.1) is 0 Å². The Labute approximate surface area is 80.8 Å². The van der Waals surface area contributed by atoms with Gasteiger partial charge in [-0.2, -0.15) is 0 Å². The minimum absolute atomic E-state index is 0.236. The first kappa shape index (κ1) is 9.91. The van der Waals surface area contributed by atoms with Crippen LogP contribution in [-0.4, -0.2) is 30.1 Å². The largest absolute Gasteiger partial charge is 0.467 e. The van der Waals surface area contributed by atoms with Gasteiger partial charge in [-0.05, 0) is 0 Å². The number of urea groups is 1. The van der Waals surface area contributed by atoms with Gasteiger partial charge in [0.15, 0.2) is 0 Å². The zero-order chi connectivity index (χ0) is 10.0. The van der Waals surface area contributed by atoms with E-state index in [9.17, 15) is 9.59 Å². The maximum Gasteiger partial charge on any atom is 0.329 e. The molecule has 0 aromatic rings. The molecule has 72 valence electrons. The highest BCUT2D eigenvalue weighted by Crippen LogP contribution is 2.10. The molecule has 0 aliphatic carbocycles. The topological polar surface area (TPSA) is 67.4 Å². The Bertz CT molecular complexity index is 266. The molecule has 1 aliphatic rings. The third-order valence-electron chi connectivity index (χ3n) is 1.89. The van der Waals surface area contributed by atoms with Gasteiger partial charge in [0.2, 0.25) is 0 Å². The van der Waals surface area contributed by atoms with Crippen LogP contribution < -0.4 is 10.6 Å². The van der Waals surface area contributed by atoms with Gasteiger partial charge in [0.25, 0.3) is 0 Å². The zero-order valence-corrected chi connectivity index (χ0v) is 8.10. The summed E-state index contributed by atoms with van der Waals surface area (Å²) in [7, 11) is 1.27. The van der Waals surface area contributed by atoms with Crippen molar-refractivity contribution in [3.8, 4) is 0 Å². The maximum atomic E-state index is 11.1. The van der Waals surface area contributed by atoms with E-state index in [1.54, 1.807) is 6.92 Å². The van der Waals surface area contributed by atoms with E-state index in [2.05, 4.69) is 15.4 Å². The van der Waals surface area contributed by atoms with Crippen molar-refractivity contribution < 1.29 is 14.3 Å². The second kappa shape index (κ2) is 3.69. The van der Waals surface area contributed by atoms with Crippen molar-refractivity contribution >= 4 is 29.2 Å². The minimum atomic E-state index is -0.675. The van der Waals surface area contributed by atoms with Crippen molar-refractivity contribution in [3.05, 3.63) is 0 Å². The lowest BCUT2D eigenvalue weighted by Crippen LogP contribution is -2.59. The number of nitrogens with one attached hydrogen (secondary N) is 2. The molecule has 1 rings (SSSR count). The average Bonchev–Trinajstić information content (AvgIpc) is 2.10. The zero-order valence-electron chi connectivity index (χ0n) is 7.29. The highest BCUT2D eigenvalue weighted by atomic mass is 32.1. The van der Waals surface area contributed by atoms with E-state index < -0.39 is 18.0 Å². The Hall–Kier alpha value is -1.17. The van der Waals surface area contributed by atoms with Crippen molar-refractivity contribution in [3.63, 3.8) is 0 Å². The summed E-state index contributed by atoms with van der Waals surface area (Å²) in [5.41, 5.74) is 0. The van der Waals surface area contributed by atoms with Crippen LogP contribution in [0.4, 0.5) is 4.79 Å². The number of amides is 2. The predicted molar refractivity (Wildman–Crippen MR) is 49.2 cm³/mol. The Balaban J connectivity index is 2.77. The molecule has 0 unspecified atom stereocenters. The molecule has 1 saturated heterocycles. The summed E-state index contributed by atoms with van der Waals surface area (Å²) in [6.45, 7) is 1.75. The number of carbonyl (C=O) groups excluding carboxylic acids is 2. The summed E-state index contributed by atoms with van der Waals surface area (Å²) in [6, 6.07) is -1.13. The second-order valence-electron chi connectivity index (χ2n) is 2.75. The lowest BCUT2D eigenvalue weighted by Gasteiger charge is -2.28. The number of rotatable bonds is 1. The van der Waals surface area contributed by atoms with Crippen LogP contribution in [0.5, 0.6) is 0 Å². The third-order valence-corrected chi connectivity index (χ3v) is 2.37. The van der Waals surface area contributed by atoms with E-state index in [0.717, 1.165) is 0 Å². The summed E-state index contributed by atoms with van der Waals surface area (Å²) in [5.74, 6) is -0.718. The molecule has 13 heavy (non-hydrogen) atoms. The van der Waals surface area contributed by atoms with E-state index in [-0.39, 0.29) is 5.92 Å². The number of esters is 1. The van der Waals surface area contributed by atoms with Crippen LogP contribution >= 0.6 is 12.2 Å². The van der Waals surface area contributed by atoms with Crippen LogP contribution in [0.3, 0.4) is 0 Å². The summed E-state index contributed by atoms with van der Waals surface area (Å²) in [4.78, 5) is 22.4. The standard InChI is InChI=1S/C7H10N2O3S/c1-3-4(6(10)12-2)8-7(11)9-5(3)13/h3-4H,1-2H3,(H2,8,9,11,13)/t3-,4+/m1/s1. The van der Waals surface area contributed by atoms with Crippen LogP contribution in [-0.2, 0) is 9.53 Å². The lowest BCUT2D eigenvalue weighted by atomic mass is 10.0. The Morgan fingerprint density at radius 2 is 2.23 bits per heavy atom. The van der Waals surface area contributed by atoms with E-state index in [1.165, 1.54) is 7.11 Å². The number of ether oxygens (including phenoxy) is 1. The normalized spacial score (nSPS) is 27.5. The highest BCUT2D eigenvalue weighted by Gasteiger charge is 2.34. The Morgan fingerprint density at radius 1 is 1.62 bits per heavy atom. The monoisotopic (exact) mass is 202 g/mol. The number of hydrogen-bond acceptors (Lipinski definition) is 4. The van der Waals surface area contributed by atoms with Gasteiger partial charge in [-0.25, -0.2) is 9.59 Å². The van der Waals surface area contributed by atoms with E-state index in [1.807, 2.05) is 0 Å². The summed E-state index contributed by atoms with van der Waals surface area (Å²) in [6.07, 6.45) is 0. The van der Waals surface area contributed by atoms with Gasteiger partial charge < -0.3 is 15.4 Å². The summed E-state index contributed by atoms with van der Waals surface area (Å²) in [5, 5.41) is 4.85. The van der Waals surface area contributed by atoms with Crippen molar-refractivity contribution in [2.75, 3.05) is 7.11 Å². The highest BCUT2D eigenvalue weighted by molar-refractivity contribution is 7.80. The molecule has 2 amide bonds. The second-order valence-corrected chi connectivity index (χ2v) is 3.19. The van der Waals surface area contributed by atoms with Crippen LogP contribution in [0, 0.1) is 5.92 Å². The molecule has 1 heterocycles. The number of methoxy groups -OCH3 is 1. The van der Waals surface area contributed by atoms with Gasteiger partial charge in [0, 0.05) is 5.92 Å². The van der Waals surface area contributed by atoms with Crippen LogP contribution in [0.15, 0.2) is 0 Å². The van der Waals surface area contributed by atoms with E-state index in [0.29, 0.717) is 4.99 Å². The quantitative estimate of drug-likeness (QED) is 0.456. The van der Waals surface area contributed by atoms with Gasteiger partial charge in [0.1, 0.15) is 6.04 Å². The first-order valence-corrected chi connectivity index (χ1v) is 4.16. The fourth-order valence-electron chi connectivity index (χ4n) is 1.07. The number of thiocarbonyl (C=S) groups is 1. The van der Waals surface area contributed by atoms with Gasteiger partial charge >= 0.3 is 12.0 Å². The third kappa shape index (κ3) is 1.95. The molecule has 0 bridgehead atoms. The first-order valence-electron chi connectivity index (χ1n) is 3.75. The van der Waals surface area contributed by atoms with Crippen LogP contribution in [0.25, 0.3) is 0 Å². The molecular formula is C7H10N2O3S. The molecule has 2 N–H and O–H groups in total. The molecular weight excluding hydrogens is 192 g/mol. The summed E-state index contributed by atoms with van der Waals surface area (Å²) < 4.78 is 4.52. The van der Waals surface area contributed by atoms with Gasteiger partial charge in [0.05, 0.1) is 12.1 Å². The SMILES string of the molecule is COC(=O)[C@H]1NC(=O)NC(=S)[C@@H]1C. The molecule has 0 radical (unpaired) electrons. The van der Waals surface area contributed by atoms with Crippen molar-refractivity contribution in [2.24, 2.45) is 5.92 Å². The fraction of sp³-hybridized carbons (Fsp3) is 0.571. The number of carbonyl (C=O) groups is 2. The van der Waals surface area contributed by atoms with Gasteiger partial charge in [-0.1, -0.05) is 19.1 Å². The van der Waals surface area contributed by atoms with Crippen LogP contribution in [0.2, 0.25) is 0 Å². The molecule has 0 aromatic carbocycles. The fourth-order valence-corrected chi connectivity index (χ4v) is 1.30. The summed E-state index contributed by atoms with van der Waals surface area (Å²) >= 11 is 4.87. The van der Waals surface area contributed by atoms with Crippen LogP contribution in [0.1, 0.15) is 6.92 Å². The van der Waals surface area contributed by atoms with Crippen molar-refractivity contribution in [1.29, 1.82) is 0 Å². The smallest absolute Gasteiger partial charge is 0.329 e. The van der Waals surface area contributed by atoms with E-state index >= 15 is 0 Å². The van der Waals surface area contributed by atoms with Gasteiger partial charge in [-0.3, -0.25) is 0 Å². The molecule has 6 heteroatoms. The Morgan fingerprint density at radius 3 is 2.77 bits per heavy atom. The maximum absolute atomic E-state index is 11.1. The number of hydrogen-bond donors (Lipinski definition) is 2. The molecule has 5 nitrogen and oxygen atoms in total. The molecule has 0 saturated carbocycles.